The largest absolute Gasteiger partial charge is 0.368 e. The van der Waals surface area contributed by atoms with Crippen molar-refractivity contribution in [2.45, 2.75) is 39.0 Å². The first kappa shape index (κ1) is 19.4. The molecule has 1 atom stereocenters. The van der Waals surface area contributed by atoms with Gasteiger partial charge in [-0.1, -0.05) is 0 Å². The van der Waals surface area contributed by atoms with Gasteiger partial charge in [-0.05, 0) is 44.4 Å². The van der Waals surface area contributed by atoms with Gasteiger partial charge < -0.3 is 10.6 Å². The second kappa shape index (κ2) is 8.24. The number of likely N-dealkylation sites (tertiary alicyclic amines) is 1. The van der Waals surface area contributed by atoms with E-state index in [4.69, 9.17) is 10.7 Å². The lowest BCUT2D eigenvalue weighted by Crippen LogP contribution is -2.40. The molecule has 0 aliphatic carbocycles. The van der Waals surface area contributed by atoms with Crippen molar-refractivity contribution in [3.8, 4) is 11.1 Å². The molecule has 150 valence electrons. The van der Waals surface area contributed by atoms with Crippen molar-refractivity contribution >= 4 is 23.2 Å². The fourth-order valence-electron chi connectivity index (χ4n) is 3.76. The quantitative estimate of drug-likeness (QED) is 0.712. The Labute approximate surface area is 174 Å². The van der Waals surface area contributed by atoms with Crippen molar-refractivity contribution in [2.75, 3.05) is 18.8 Å². The minimum absolute atomic E-state index is 0.139. The number of aromatic nitrogens is 4. The molecule has 1 saturated heterocycles. The number of piperidine rings is 1. The maximum atomic E-state index is 12.8. The number of nitrogens with two attached hydrogens (primary N) is 1. The summed E-state index contributed by atoms with van der Waals surface area (Å²) >= 11 is 1.58. The van der Waals surface area contributed by atoms with Crippen molar-refractivity contribution in [1.29, 1.82) is 0 Å². The fourth-order valence-corrected chi connectivity index (χ4v) is 4.37. The number of pyridine rings is 1. The van der Waals surface area contributed by atoms with Gasteiger partial charge in [-0.2, -0.15) is 0 Å². The minimum atomic E-state index is 0.139. The molecule has 8 heteroatoms. The molecule has 0 unspecified atom stereocenters. The number of hydrogen-bond acceptors (Lipinski definition) is 7. The first-order chi connectivity index (χ1) is 14.0. The van der Waals surface area contributed by atoms with Gasteiger partial charge in [0.15, 0.2) is 0 Å². The van der Waals surface area contributed by atoms with E-state index in [1.54, 1.807) is 23.7 Å². The minimum Gasteiger partial charge on any atom is -0.368 e. The normalized spacial score (nSPS) is 16.8. The predicted octanol–water partition coefficient (Wildman–Crippen LogP) is 3.14. The van der Waals surface area contributed by atoms with Gasteiger partial charge in [-0.3, -0.25) is 9.78 Å². The average molecular weight is 409 g/mol. The SMILES string of the molecule is Cc1cc(-c2cnc(N)nc2)cc([C@H]2CCCN(C(=O)Cc3csc(C)n3)C2)n1. The van der Waals surface area contributed by atoms with Gasteiger partial charge in [0.05, 0.1) is 17.1 Å². The summed E-state index contributed by atoms with van der Waals surface area (Å²) in [5.74, 6) is 0.620. The standard InChI is InChI=1S/C21H24N6OS/c1-13-6-16(17-9-23-21(22)24-10-17)7-19(25-13)15-4-3-5-27(11-15)20(28)8-18-12-29-14(2)26-18/h6-7,9-10,12,15H,3-5,8,11H2,1-2H3,(H2,22,23,24)/t15-/m0/s1. The van der Waals surface area contributed by atoms with Crippen LogP contribution in [0.25, 0.3) is 11.1 Å². The number of rotatable bonds is 4. The van der Waals surface area contributed by atoms with Gasteiger partial charge >= 0.3 is 0 Å². The van der Waals surface area contributed by atoms with E-state index in [1.807, 2.05) is 30.2 Å². The van der Waals surface area contributed by atoms with Gasteiger partial charge in [-0.25, -0.2) is 15.0 Å². The Morgan fingerprint density at radius 1 is 1.21 bits per heavy atom. The van der Waals surface area contributed by atoms with E-state index in [-0.39, 0.29) is 17.8 Å². The Morgan fingerprint density at radius 2 is 2.00 bits per heavy atom. The number of thiazole rings is 1. The molecule has 0 radical (unpaired) electrons. The molecule has 1 aliphatic heterocycles. The van der Waals surface area contributed by atoms with Crippen molar-refractivity contribution in [1.82, 2.24) is 24.8 Å². The van der Waals surface area contributed by atoms with Crippen molar-refractivity contribution in [3.63, 3.8) is 0 Å². The zero-order chi connectivity index (χ0) is 20.4. The average Bonchev–Trinajstić information content (AvgIpc) is 3.12. The van der Waals surface area contributed by atoms with Crippen LogP contribution in [0, 0.1) is 13.8 Å². The molecule has 29 heavy (non-hydrogen) atoms. The fraction of sp³-hybridized carbons (Fsp3) is 0.381. The molecule has 0 saturated carbocycles. The summed E-state index contributed by atoms with van der Waals surface area (Å²) in [5, 5.41) is 2.96. The van der Waals surface area contributed by atoms with Crippen LogP contribution in [0.3, 0.4) is 0 Å². The van der Waals surface area contributed by atoms with E-state index in [0.717, 1.165) is 52.6 Å². The van der Waals surface area contributed by atoms with Crippen molar-refractivity contribution in [3.05, 3.63) is 52.0 Å². The number of amides is 1. The molecule has 0 aromatic carbocycles. The molecule has 2 N–H and O–H groups in total. The molecule has 7 nitrogen and oxygen atoms in total. The number of anilines is 1. The van der Waals surface area contributed by atoms with Crippen LogP contribution in [0.15, 0.2) is 29.9 Å². The molecule has 1 fully saturated rings. The zero-order valence-corrected chi connectivity index (χ0v) is 17.4. The summed E-state index contributed by atoms with van der Waals surface area (Å²) in [6.45, 7) is 5.43. The first-order valence-corrected chi connectivity index (χ1v) is 10.6. The lowest BCUT2D eigenvalue weighted by Gasteiger charge is -2.32. The molecule has 3 aromatic heterocycles. The number of carbonyl (C=O) groups excluding carboxylic acids is 1. The van der Waals surface area contributed by atoms with Gasteiger partial charge in [0.1, 0.15) is 0 Å². The second-order valence-corrected chi connectivity index (χ2v) is 8.53. The van der Waals surface area contributed by atoms with Crippen LogP contribution < -0.4 is 5.73 Å². The van der Waals surface area contributed by atoms with E-state index in [9.17, 15) is 4.79 Å². The molecular weight excluding hydrogens is 384 g/mol. The van der Waals surface area contributed by atoms with E-state index in [1.165, 1.54) is 0 Å². The summed E-state index contributed by atoms with van der Waals surface area (Å²) in [6.07, 6.45) is 5.82. The predicted molar refractivity (Wildman–Crippen MR) is 114 cm³/mol. The number of nitrogens with zero attached hydrogens (tertiary/aromatic N) is 5. The third kappa shape index (κ3) is 4.59. The number of carbonyl (C=O) groups is 1. The Bertz CT molecular complexity index is 1020. The molecule has 4 heterocycles. The molecule has 4 rings (SSSR count). The topological polar surface area (TPSA) is 97.9 Å². The van der Waals surface area contributed by atoms with E-state index < -0.39 is 0 Å². The molecule has 0 bridgehead atoms. The molecular formula is C21H24N6OS. The van der Waals surface area contributed by atoms with Crippen molar-refractivity contribution in [2.24, 2.45) is 0 Å². The summed E-state index contributed by atoms with van der Waals surface area (Å²) in [6, 6.07) is 4.11. The highest BCUT2D eigenvalue weighted by atomic mass is 32.1. The second-order valence-electron chi connectivity index (χ2n) is 7.47. The van der Waals surface area contributed by atoms with Gasteiger partial charge in [0.2, 0.25) is 11.9 Å². The lowest BCUT2D eigenvalue weighted by atomic mass is 9.92. The molecule has 3 aromatic rings. The number of nitrogen functional groups attached to an aromatic ring is 1. The summed E-state index contributed by atoms with van der Waals surface area (Å²) in [5.41, 5.74) is 10.4. The number of aryl methyl sites for hydroxylation is 2. The maximum absolute atomic E-state index is 12.8. The highest BCUT2D eigenvalue weighted by Crippen LogP contribution is 2.29. The Kier molecular flexibility index (Phi) is 5.53. The number of hydrogen-bond donors (Lipinski definition) is 1. The van der Waals surface area contributed by atoms with E-state index in [2.05, 4.69) is 21.0 Å². The zero-order valence-electron chi connectivity index (χ0n) is 16.6. The molecule has 1 aliphatic rings. The third-order valence-electron chi connectivity index (χ3n) is 5.17. The first-order valence-electron chi connectivity index (χ1n) is 9.73. The van der Waals surface area contributed by atoms with Crippen LogP contribution >= 0.6 is 11.3 Å². The van der Waals surface area contributed by atoms with Gasteiger partial charge in [0, 0.05) is 53.7 Å². The molecule has 0 spiro atoms. The Morgan fingerprint density at radius 3 is 2.72 bits per heavy atom. The monoisotopic (exact) mass is 408 g/mol. The van der Waals surface area contributed by atoms with Crippen LogP contribution in [-0.4, -0.2) is 43.8 Å². The Hall–Kier alpha value is -2.87. The van der Waals surface area contributed by atoms with Crippen LogP contribution in [-0.2, 0) is 11.2 Å². The van der Waals surface area contributed by atoms with Gasteiger partial charge in [-0.15, -0.1) is 11.3 Å². The summed E-state index contributed by atoms with van der Waals surface area (Å²) < 4.78 is 0. The lowest BCUT2D eigenvalue weighted by molar-refractivity contribution is -0.131. The van der Waals surface area contributed by atoms with E-state index in [0.29, 0.717) is 13.0 Å². The maximum Gasteiger partial charge on any atom is 0.228 e. The summed E-state index contributed by atoms with van der Waals surface area (Å²) in [4.78, 5) is 32.1. The van der Waals surface area contributed by atoms with Crippen molar-refractivity contribution < 1.29 is 4.79 Å². The van der Waals surface area contributed by atoms with Gasteiger partial charge in [0.25, 0.3) is 0 Å². The van der Waals surface area contributed by atoms with Crippen LogP contribution in [0.2, 0.25) is 0 Å². The third-order valence-corrected chi connectivity index (χ3v) is 5.99. The highest BCUT2D eigenvalue weighted by Gasteiger charge is 2.26. The van der Waals surface area contributed by atoms with Crippen LogP contribution in [0.5, 0.6) is 0 Å². The smallest absolute Gasteiger partial charge is 0.228 e. The molecule has 1 amide bonds. The Balaban J connectivity index is 1.51. The van der Waals surface area contributed by atoms with Crippen LogP contribution in [0.1, 0.15) is 40.8 Å². The highest BCUT2D eigenvalue weighted by molar-refractivity contribution is 7.09. The summed E-state index contributed by atoms with van der Waals surface area (Å²) in [7, 11) is 0. The van der Waals surface area contributed by atoms with Crippen LogP contribution in [0.4, 0.5) is 5.95 Å². The van der Waals surface area contributed by atoms with E-state index >= 15 is 0 Å².